The highest BCUT2D eigenvalue weighted by Crippen LogP contribution is 2.32. The van der Waals surface area contributed by atoms with E-state index in [9.17, 15) is 19.2 Å². The minimum atomic E-state index is -1.12. The fourth-order valence-corrected chi connectivity index (χ4v) is 3.78. The van der Waals surface area contributed by atoms with E-state index in [2.05, 4.69) is 5.32 Å². The van der Waals surface area contributed by atoms with Crippen LogP contribution in [0, 0.1) is 0 Å². The van der Waals surface area contributed by atoms with Crippen LogP contribution >= 0.6 is 0 Å². The molecule has 0 radical (unpaired) electrons. The van der Waals surface area contributed by atoms with Gasteiger partial charge in [-0.15, -0.1) is 0 Å². The number of nitrogens with one attached hydrogen (secondary N) is 1. The number of ether oxygens (including phenoxy) is 2. The van der Waals surface area contributed by atoms with Crippen molar-refractivity contribution in [2.24, 2.45) is 0 Å². The maximum Gasteiger partial charge on any atom is 0.311 e. The molecule has 3 aromatic carbocycles. The number of hydrogen-bond acceptors (Lipinski definition) is 6. The van der Waals surface area contributed by atoms with E-state index in [1.165, 1.54) is 14.0 Å². The van der Waals surface area contributed by atoms with Crippen molar-refractivity contribution in [2.45, 2.75) is 19.4 Å². The van der Waals surface area contributed by atoms with Gasteiger partial charge in [-0.05, 0) is 19.1 Å². The summed E-state index contributed by atoms with van der Waals surface area (Å²) < 4.78 is 10.5. The third kappa shape index (κ3) is 4.25. The molecule has 1 unspecified atom stereocenters. The molecule has 1 aliphatic rings. The molecule has 1 amide bonds. The molecule has 0 spiro atoms. The number of anilines is 1. The van der Waals surface area contributed by atoms with Crippen LogP contribution in [-0.4, -0.2) is 36.7 Å². The van der Waals surface area contributed by atoms with Crippen molar-refractivity contribution in [3.05, 3.63) is 94.5 Å². The third-order valence-corrected chi connectivity index (χ3v) is 5.42. The number of ketones is 2. The summed E-state index contributed by atoms with van der Waals surface area (Å²) in [6.07, 6.45) is -1.18. The molecular weight excluding hydrogens is 422 g/mol. The Morgan fingerprint density at radius 1 is 0.848 bits per heavy atom. The fourth-order valence-electron chi connectivity index (χ4n) is 3.78. The summed E-state index contributed by atoms with van der Waals surface area (Å²) in [6, 6.07) is 18.3. The summed E-state index contributed by atoms with van der Waals surface area (Å²) in [7, 11) is 1.51. The lowest BCUT2D eigenvalue weighted by Gasteiger charge is -2.21. The molecule has 33 heavy (non-hydrogen) atoms. The van der Waals surface area contributed by atoms with E-state index >= 15 is 0 Å². The molecule has 1 atom stereocenters. The molecule has 0 aliphatic heterocycles. The monoisotopic (exact) mass is 443 g/mol. The number of fused-ring (bicyclic) bond motifs is 2. The van der Waals surface area contributed by atoms with Crippen molar-refractivity contribution in [3.8, 4) is 5.75 Å². The Hall–Kier alpha value is -4.26. The van der Waals surface area contributed by atoms with Crippen LogP contribution < -0.4 is 10.1 Å². The third-order valence-electron chi connectivity index (χ3n) is 5.42. The van der Waals surface area contributed by atoms with Crippen LogP contribution in [0.5, 0.6) is 5.75 Å². The Bertz CT molecular complexity index is 1280. The molecule has 166 valence electrons. The first kappa shape index (κ1) is 22.0. The summed E-state index contributed by atoms with van der Waals surface area (Å²) >= 11 is 0. The van der Waals surface area contributed by atoms with E-state index in [0.717, 1.165) is 0 Å². The van der Waals surface area contributed by atoms with E-state index in [-0.39, 0.29) is 40.4 Å². The van der Waals surface area contributed by atoms with Crippen LogP contribution in [0.2, 0.25) is 0 Å². The van der Waals surface area contributed by atoms with Crippen molar-refractivity contribution in [1.29, 1.82) is 0 Å². The molecule has 3 aromatic rings. The number of rotatable bonds is 6. The molecule has 0 saturated carbocycles. The Kier molecular flexibility index (Phi) is 6.04. The summed E-state index contributed by atoms with van der Waals surface area (Å²) in [4.78, 5) is 51.0. The molecule has 0 bridgehead atoms. The van der Waals surface area contributed by atoms with E-state index < -0.39 is 18.0 Å². The number of carbonyl (C=O) groups excluding carboxylic acids is 4. The maximum atomic E-state index is 13.1. The Balaban J connectivity index is 1.50. The van der Waals surface area contributed by atoms with Crippen LogP contribution in [0.25, 0.3) is 0 Å². The molecule has 0 aromatic heterocycles. The van der Waals surface area contributed by atoms with Crippen molar-refractivity contribution in [1.82, 2.24) is 0 Å². The van der Waals surface area contributed by atoms with Gasteiger partial charge in [-0.25, -0.2) is 0 Å². The predicted octanol–water partition coefficient (Wildman–Crippen LogP) is 3.58. The summed E-state index contributed by atoms with van der Waals surface area (Å²) in [5.74, 6) is -1.30. The van der Waals surface area contributed by atoms with Gasteiger partial charge in [0, 0.05) is 22.3 Å². The van der Waals surface area contributed by atoms with Gasteiger partial charge in [-0.2, -0.15) is 0 Å². The van der Waals surface area contributed by atoms with Gasteiger partial charge in [0.05, 0.1) is 24.8 Å². The summed E-state index contributed by atoms with van der Waals surface area (Å²) in [5, 5.41) is 2.63. The molecule has 0 fully saturated rings. The van der Waals surface area contributed by atoms with E-state index in [1.54, 1.807) is 66.7 Å². The number of carbonyl (C=O) groups is 4. The minimum absolute atomic E-state index is 0.0634. The number of esters is 1. The first-order valence-corrected chi connectivity index (χ1v) is 10.3. The molecule has 0 heterocycles. The van der Waals surface area contributed by atoms with Gasteiger partial charge in [0.25, 0.3) is 5.91 Å². The second-order valence-corrected chi connectivity index (χ2v) is 7.54. The lowest BCUT2D eigenvalue weighted by atomic mass is 9.83. The second-order valence-electron chi connectivity index (χ2n) is 7.54. The Labute approximate surface area is 190 Å². The van der Waals surface area contributed by atoms with Crippen LogP contribution in [0.15, 0.2) is 66.7 Å². The topological polar surface area (TPSA) is 98.8 Å². The summed E-state index contributed by atoms with van der Waals surface area (Å²) in [6.45, 7) is 1.44. The number of para-hydroxylation sites is 1. The molecule has 7 heteroatoms. The summed E-state index contributed by atoms with van der Waals surface area (Å²) in [5.41, 5.74) is 1.79. The highest BCUT2D eigenvalue weighted by atomic mass is 16.5. The maximum absolute atomic E-state index is 13.1. The Morgan fingerprint density at radius 3 is 2.21 bits per heavy atom. The fraction of sp³-hybridized carbons (Fsp3) is 0.154. The number of benzene rings is 3. The van der Waals surface area contributed by atoms with E-state index in [1.807, 2.05) is 0 Å². The largest absolute Gasteiger partial charge is 0.496 e. The van der Waals surface area contributed by atoms with Gasteiger partial charge in [0.15, 0.2) is 17.7 Å². The Morgan fingerprint density at radius 2 is 1.48 bits per heavy atom. The van der Waals surface area contributed by atoms with Gasteiger partial charge >= 0.3 is 5.97 Å². The van der Waals surface area contributed by atoms with E-state index in [4.69, 9.17) is 9.47 Å². The predicted molar refractivity (Wildman–Crippen MR) is 121 cm³/mol. The number of methoxy groups -OCH3 is 1. The molecular formula is C26H21NO6. The van der Waals surface area contributed by atoms with Crippen LogP contribution in [0.4, 0.5) is 5.69 Å². The van der Waals surface area contributed by atoms with Crippen LogP contribution in [0.3, 0.4) is 0 Å². The quantitative estimate of drug-likeness (QED) is 0.458. The van der Waals surface area contributed by atoms with Crippen molar-refractivity contribution >= 4 is 29.1 Å². The lowest BCUT2D eigenvalue weighted by molar-refractivity contribution is -0.152. The molecule has 1 aliphatic carbocycles. The molecule has 0 saturated heterocycles. The van der Waals surface area contributed by atoms with Crippen LogP contribution in [-0.2, 0) is 20.7 Å². The molecule has 1 N–H and O–H groups in total. The zero-order chi connectivity index (χ0) is 23.5. The first-order chi connectivity index (χ1) is 15.9. The van der Waals surface area contributed by atoms with E-state index in [0.29, 0.717) is 16.9 Å². The smallest absolute Gasteiger partial charge is 0.311 e. The first-order valence-electron chi connectivity index (χ1n) is 10.3. The zero-order valence-electron chi connectivity index (χ0n) is 18.1. The highest BCUT2D eigenvalue weighted by Gasteiger charge is 2.32. The van der Waals surface area contributed by atoms with Crippen LogP contribution in [0.1, 0.15) is 44.3 Å². The number of hydrogen-bond donors (Lipinski definition) is 1. The average Bonchev–Trinajstić information content (AvgIpc) is 2.82. The average molecular weight is 443 g/mol. The normalized spacial score (nSPS) is 12.9. The molecule has 7 nitrogen and oxygen atoms in total. The standard InChI is InChI=1S/C26H21NO6/c1-15(33-22(28)14-16-8-3-6-13-21(16)32-2)26(31)27-20-12-7-11-19-23(20)25(30)18-10-5-4-9-17(18)24(19)29/h3-13,15H,14H2,1-2H3,(H,27,31). The zero-order valence-corrected chi connectivity index (χ0v) is 18.1. The van der Waals surface area contributed by atoms with Gasteiger partial charge in [0.1, 0.15) is 5.75 Å². The van der Waals surface area contributed by atoms with Gasteiger partial charge in [-0.1, -0.05) is 54.6 Å². The highest BCUT2D eigenvalue weighted by molar-refractivity contribution is 6.30. The van der Waals surface area contributed by atoms with Gasteiger partial charge < -0.3 is 14.8 Å². The minimum Gasteiger partial charge on any atom is -0.496 e. The second kappa shape index (κ2) is 9.08. The van der Waals surface area contributed by atoms with Crippen molar-refractivity contribution in [3.63, 3.8) is 0 Å². The van der Waals surface area contributed by atoms with Gasteiger partial charge in [-0.3, -0.25) is 19.2 Å². The van der Waals surface area contributed by atoms with Gasteiger partial charge in [0.2, 0.25) is 0 Å². The lowest BCUT2D eigenvalue weighted by Crippen LogP contribution is -2.32. The number of amides is 1. The molecule has 4 rings (SSSR count). The SMILES string of the molecule is COc1ccccc1CC(=O)OC(C)C(=O)Nc1cccc2c1C(=O)c1ccccc1C2=O. The van der Waals surface area contributed by atoms with Crippen molar-refractivity contribution < 1.29 is 28.7 Å². The van der Waals surface area contributed by atoms with Crippen molar-refractivity contribution in [2.75, 3.05) is 12.4 Å².